The van der Waals surface area contributed by atoms with E-state index in [1.165, 1.54) is 25.5 Å². The molecule has 0 spiro atoms. The fraction of sp³-hybridized carbons (Fsp3) is 0.280. The number of carbonyl (C=O) groups is 1. The van der Waals surface area contributed by atoms with E-state index in [1.54, 1.807) is 21.3 Å². The number of fused-ring (bicyclic) bond motifs is 1. The molecule has 1 heterocycles. The number of ketones is 1. The normalized spacial score (nSPS) is 10.5. The molecule has 3 aromatic rings. The quantitative estimate of drug-likeness (QED) is 0.236. The van der Waals surface area contributed by atoms with E-state index in [2.05, 4.69) is 25.1 Å². The Kier molecular flexibility index (Phi) is 10.4. The van der Waals surface area contributed by atoms with Crippen LogP contribution >= 0.6 is 0 Å². The fourth-order valence-corrected chi connectivity index (χ4v) is 3.23. The van der Waals surface area contributed by atoms with Crippen LogP contribution in [-0.2, 0) is 24.9 Å². The van der Waals surface area contributed by atoms with Crippen molar-refractivity contribution in [2.24, 2.45) is 0 Å². The number of benzene rings is 2. The second-order valence-corrected chi connectivity index (χ2v) is 7.06. The van der Waals surface area contributed by atoms with E-state index in [-0.39, 0.29) is 31.6 Å². The van der Waals surface area contributed by atoms with Crippen molar-refractivity contribution in [1.82, 2.24) is 4.98 Å². The molecule has 0 aliphatic heterocycles. The molecule has 1 N–H and O–H groups in total. The number of pyridine rings is 1. The van der Waals surface area contributed by atoms with Gasteiger partial charge in [-0.1, -0.05) is 26.0 Å². The molecule has 0 aliphatic carbocycles. The second-order valence-electron chi connectivity index (χ2n) is 7.06. The average Bonchev–Trinajstić information content (AvgIpc) is 2.70. The molecule has 173 valence electrons. The zero-order valence-electron chi connectivity index (χ0n) is 19.3. The summed E-state index contributed by atoms with van der Waals surface area (Å²) in [6, 6.07) is 13.4. The Balaban J connectivity index is 0.000000558. The van der Waals surface area contributed by atoms with Gasteiger partial charge in [-0.15, -0.1) is 34.9 Å². The SMILES string of the molecule is CC(=O)/C=C(/C)O.COc1cc2nc(-c3[c-]c(C)cc(C)c3)ccc2c(OC)c1OC.[Ir]. The minimum atomic E-state index is -0.125. The van der Waals surface area contributed by atoms with Crippen molar-refractivity contribution in [2.75, 3.05) is 21.3 Å². The van der Waals surface area contributed by atoms with Crippen LogP contribution in [0, 0.1) is 19.9 Å². The van der Waals surface area contributed by atoms with Gasteiger partial charge in [-0.05, 0) is 19.5 Å². The van der Waals surface area contributed by atoms with E-state index >= 15 is 0 Å². The van der Waals surface area contributed by atoms with Crippen LogP contribution in [0.4, 0.5) is 0 Å². The maximum absolute atomic E-state index is 10.0. The van der Waals surface area contributed by atoms with E-state index in [9.17, 15) is 4.79 Å². The molecule has 6 nitrogen and oxygen atoms in total. The monoisotopic (exact) mass is 615 g/mol. The molecule has 3 rings (SSSR count). The third kappa shape index (κ3) is 6.81. The first-order valence-electron chi connectivity index (χ1n) is 9.68. The summed E-state index contributed by atoms with van der Waals surface area (Å²) in [7, 11) is 4.81. The zero-order chi connectivity index (χ0) is 23.1. The van der Waals surface area contributed by atoms with Gasteiger partial charge in [0.1, 0.15) is 0 Å². The summed E-state index contributed by atoms with van der Waals surface area (Å²) in [5, 5.41) is 9.24. The van der Waals surface area contributed by atoms with Gasteiger partial charge < -0.3 is 19.3 Å². The maximum Gasteiger partial charge on any atom is 0.204 e. The van der Waals surface area contributed by atoms with Crippen LogP contribution in [0.15, 0.2) is 42.2 Å². The molecule has 0 unspecified atom stereocenters. The summed E-state index contributed by atoms with van der Waals surface area (Å²) in [5.41, 5.74) is 4.91. The van der Waals surface area contributed by atoms with Crippen LogP contribution in [0.3, 0.4) is 0 Å². The molecule has 0 amide bonds. The molecular formula is C25H28IrNO5-. The number of hydrogen-bond donors (Lipinski definition) is 1. The first kappa shape index (κ1) is 27.1. The number of aliphatic hydroxyl groups excluding tert-OH is 1. The van der Waals surface area contributed by atoms with Crippen molar-refractivity contribution in [1.29, 1.82) is 0 Å². The van der Waals surface area contributed by atoms with Gasteiger partial charge in [0.2, 0.25) is 5.75 Å². The molecule has 0 atom stereocenters. The number of methoxy groups -OCH3 is 3. The Bertz CT molecular complexity index is 1100. The third-order valence-electron chi connectivity index (χ3n) is 4.33. The number of ether oxygens (including phenoxy) is 3. The third-order valence-corrected chi connectivity index (χ3v) is 4.33. The van der Waals surface area contributed by atoms with Gasteiger partial charge in [-0.3, -0.25) is 9.78 Å². The molecule has 7 heteroatoms. The summed E-state index contributed by atoms with van der Waals surface area (Å²) in [5.74, 6) is 1.72. The number of aryl methyl sites for hydroxylation is 2. The molecular weight excluding hydrogens is 586 g/mol. The van der Waals surface area contributed by atoms with Gasteiger partial charge in [0.25, 0.3) is 0 Å². The van der Waals surface area contributed by atoms with Crippen LogP contribution in [0.25, 0.3) is 22.2 Å². The van der Waals surface area contributed by atoms with E-state index < -0.39 is 0 Å². The number of carbonyl (C=O) groups excluding carboxylic acids is 1. The van der Waals surface area contributed by atoms with Crippen molar-refractivity contribution >= 4 is 16.7 Å². The fourth-order valence-electron chi connectivity index (χ4n) is 3.23. The average molecular weight is 615 g/mol. The minimum Gasteiger partial charge on any atom is -0.512 e. The van der Waals surface area contributed by atoms with E-state index in [0.717, 1.165) is 27.7 Å². The van der Waals surface area contributed by atoms with E-state index in [1.807, 2.05) is 25.1 Å². The Morgan fingerprint density at radius 2 is 1.66 bits per heavy atom. The number of rotatable bonds is 5. The van der Waals surface area contributed by atoms with Crippen LogP contribution in [0.1, 0.15) is 25.0 Å². The van der Waals surface area contributed by atoms with Crippen LogP contribution < -0.4 is 14.2 Å². The van der Waals surface area contributed by atoms with Gasteiger partial charge >= 0.3 is 0 Å². The summed E-state index contributed by atoms with van der Waals surface area (Å²) < 4.78 is 16.4. The second kappa shape index (κ2) is 12.2. The van der Waals surface area contributed by atoms with E-state index in [0.29, 0.717) is 17.2 Å². The molecule has 1 aromatic heterocycles. The van der Waals surface area contributed by atoms with Crippen molar-refractivity contribution in [2.45, 2.75) is 27.7 Å². The Labute approximate surface area is 202 Å². The van der Waals surface area contributed by atoms with Gasteiger partial charge in [-0.2, -0.15) is 0 Å². The van der Waals surface area contributed by atoms with Gasteiger partial charge in [0.15, 0.2) is 17.3 Å². The standard InChI is InChI=1S/C20H20NO3.C5H8O2.Ir/c1-12-8-13(2)10-14(9-12)16-7-6-15-17(21-16)11-18(22-3)20(24-5)19(15)23-4;1-4(6)3-5(2)7;/h6-9,11H,1-5H3;3,6H,1-2H3;/q-1;;/b;4-3-;. The largest absolute Gasteiger partial charge is 0.512 e. The smallest absolute Gasteiger partial charge is 0.204 e. The molecule has 2 aromatic carbocycles. The summed E-state index contributed by atoms with van der Waals surface area (Å²) >= 11 is 0. The first-order chi connectivity index (χ1) is 14.7. The Morgan fingerprint density at radius 3 is 2.12 bits per heavy atom. The molecule has 0 bridgehead atoms. The van der Waals surface area contributed by atoms with Crippen molar-refractivity contribution < 1.29 is 44.2 Å². The summed E-state index contributed by atoms with van der Waals surface area (Å²) in [6.45, 7) is 6.96. The van der Waals surface area contributed by atoms with Crippen molar-refractivity contribution in [3.8, 4) is 28.5 Å². The maximum atomic E-state index is 10.0. The van der Waals surface area contributed by atoms with Gasteiger partial charge in [0, 0.05) is 37.6 Å². The number of aromatic nitrogens is 1. The predicted molar refractivity (Wildman–Crippen MR) is 122 cm³/mol. The zero-order valence-corrected chi connectivity index (χ0v) is 21.7. The predicted octanol–water partition coefficient (Wildman–Crippen LogP) is 5.38. The van der Waals surface area contributed by atoms with Crippen LogP contribution in [-0.4, -0.2) is 37.2 Å². The summed E-state index contributed by atoms with van der Waals surface area (Å²) in [6.07, 6.45) is 1.17. The number of allylic oxidation sites excluding steroid dienone is 2. The number of hydrogen-bond acceptors (Lipinski definition) is 6. The van der Waals surface area contributed by atoms with Crippen molar-refractivity contribution in [3.63, 3.8) is 0 Å². The molecule has 32 heavy (non-hydrogen) atoms. The molecule has 0 fully saturated rings. The first-order valence-corrected chi connectivity index (χ1v) is 9.68. The molecule has 0 saturated carbocycles. The molecule has 0 saturated heterocycles. The number of aliphatic hydroxyl groups is 1. The summed E-state index contributed by atoms with van der Waals surface area (Å²) in [4.78, 5) is 14.8. The van der Waals surface area contributed by atoms with Crippen molar-refractivity contribution in [3.05, 3.63) is 59.4 Å². The Hall–Kier alpha value is -2.89. The molecule has 0 aliphatic rings. The van der Waals surface area contributed by atoms with E-state index in [4.69, 9.17) is 24.3 Å². The van der Waals surface area contributed by atoms with Crippen LogP contribution in [0.5, 0.6) is 17.2 Å². The topological polar surface area (TPSA) is 77.9 Å². The number of nitrogens with zero attached hydrogens (tertiary/aromatic N) is 1. The molecule has 1 radical (unpaired) electrons. The Morgan fingerprint density at radius 1 is 1.00 bits per heavy atom. The van der Waals surface area contributed by atoms with Crippen LogP contribution in [0.2, 0.25) is 0 Å². The van der Waals surface area contributed by atoms with Gasteiger partial charge in [-0.25, -0.2) is 0 Å². The van der Waals surface area contributed by atoms with Gasteiger partial charge in [0.05, 0.1) is 32.6 Å². The minimum absolute atomic E-state index is 0.